The van der Waals surface area contributed by atoms with Crippen LogP contribution in [0.2, 0.25) is 0 Å². The Morgan fingerprint density at radius 2 is 1.76 bits per heavy atom. The molecule has 0 amide bonds. The van der Waals surface area contributed by atoms with Gasteiger partial charge < -0.3 is 10.3 Å². The van der Waals surface area contributed by atoms with Crippen molar-refractivity contribution in [3.63, 3.8) is 0 Å². The monoisotopic (exact) mass is 343 g/mol. The van der Waals surface area contributed by atoms with Gasteiger partial charge in [0.25, 0.3) is 0 Å². The summed E-state index contributed by atoms with van der Waals surface area (Å²) in [5.41, 5.74) is 8.13. The van der Waals surface area contributed by atoms with Gasteiger partial charge in [-0.3, -0.25) is 0 Å². The van der Waals surface area contributed by atoms with E-state index in [1.165, 1.54) is 0 Å². The molecule has 0 aliphatic heterocycles. The molecule has 2 aromatic carbocycles. The molecule has 5 heteroatoms. The van der Waals surface area contributed by atoms with Crippen LogP contribution in [0.3, 0.4) is 0 Å². The summed E-state index contributed by atoms with van der Waals surface area (Å²) in [6.45, 7) is 0. The van der Waals surface area contributed by atoms with Gasteiger partial charge in [-0.15, -0.1) is 0 Å². The molecule has 0 radical (unpaired) electrons. The van der Waals surface area contributed by atoms with E-state index in [-0.39, 0.29) is 6.04 Å². The number of benzene rings is 2. The van der Waals surface area contributed by atoms with Crippen molar-refractivity contribution in [2.75, 3.05) is 0 Å². The van der Waals surface area contributed by atoms with Crippen LogP contribution in [0.4, 0.5) is 0 Å². The molecule has 0 fully saturated rings. The van der Waals surface area contributed by atoms with E-state index in [4.69, 9.17) is 10.3 Å². The second-order valence-corrected chi connectivity index (χ2v) is 5.57. The molecule has 2 N–H and O–H groups in total. The molecule has 1 aromatic heterocycles. The summed E-state index contributed by atoms with van der Waals surface area (Å²) in [6.07, 6.45) is 0.515. The largest absolute Gasteiger partial charge is 0.339 e. The minimum atomic E-state index is -0.154. The molecule has 3 aromatic rings. The molecule has 3 rings (SSSR count). The number of halogens is 1. The van der Waals surface area contributed by atoms with Gasteiger partial charge in [0.05, 0.1) is 0 Å². The third-order valence-corrected chi connectivity index (χ3v) is 3.90. The molecular weight excluding hydrogens is 330 g/mol. The Labute approximate surface area is 131 Å². The first-order chi connectivity index (χ1) is 10.2. The Kier molecular flexibility index (Phi) is 4.13. The minimum absolute atomic E-state index is 0.154. The predicted molar refractivity (Wildman–Crippen MR) is 84.5 cm³/mol. The molecule has 0 aliphatic rings. The van der Waals surface area contributed by atoms with Crippen LogP contribution in [0.15, 0.2) is 63.6 Å². The number of rotatable bonds is 4. The second-order valence-electron chi connectivity index (χ2n) is 4.71. The molecule has 0 bridgehead atoms. The lowest BCUT2D eigenvalue weighted by Gasteiger charge is -2.08. The lowest BCUT2D eigenvalue weighted by Crippen LogP contribution is -2.13. The highest BCUT2D eigenvalue weighted by Gasteiger charge is 2.14. The number of hydrogen-bond acceptors (Lipinski definition) is 4. The highest BCUT2D eigenvalue weighted by Crippen LogP contribution is 2.26. The van der Waals surface area contributed by atoms with Crippen LogP contribution in [-0.4, -0.2) is 10.1 Å². The Hall–Kier alpha value is -1.98. The van der Waals surface area contributed by atoms with Crippen LogP contribution in [-0.2, 0) is 6.42 Å². The van der Waals surface area contributed by atoms with Crippen molar-refractivity contribution in [1.82, 2.24) is 10.1 Å². The zero-order valence-electron chi connectivity index (χ0n) is 11.2. The minimum Gasteiger partial charge on any atom is -0.339 e. The van der Waals surface area contributed by atoms with Gasteiger partial charge in [-0.1, -0.05) is 63.6 Å². The summed E-state index contributed by atoms with van der Waals surface area (Å²) in [7, 11) is 0. The fraction of sp³-hybridized carbons (Fsp3) is 0.125. The van der Waals surface area contributed by atoms with Crippen LogP contribution in [0.5, 0.6) is 0 Å². The molecule has 1 unspecified atom stereocenters. The quantitative estimate of drug-likeness (QED) is 0.783. The van der Waals surface area contributed by atoms with Gasteiger partial charge in [0, 0.05) is 22.5 Å². The van der Waals surface area contributed by atoms with Crippen molar-refractivity contribution in [2.45, 2.75) is 12.5 Å². The first kappa shape index (κ1) is 14.0. The van der Waals surface area contributed by atoms with Crippen molar-refractivity contribution in [3.05, 3.63) is 70.5 Å². The molecule has 0 saturated carbocycles. The maximum absolute atomic E-state index is 6.17. The second kappa shape index (κ2) is 6.20. The fourth-order valence-electron chi connectivity index (χ4n) is 2.10. The highest BCUT2D eigenvalue weighted by atomic mass is 79.9. The first-order valence-corrected chi connectivity index (χ1v) is 7.41. The third-order valence-electron chi connectivity index (χ3n) is 3.21. The number of aromatic nitrogens is 2. The van der Waals surface area contributed by atoms with Gasteiger partial charge in [-0.2, -0.15) is 4.98 Å². The van der Waals surface area contributed by atoms with Crippen LogP contribution in [0.1, 0.15) is 17.5 Å². The van der Waals surface area contributed by atoms with E-state index in [1.54, 1.807) is 0 Å². The summed E-state index contributed by atoms with van der Waals surface area (Å²) >= 11 is 3.48. The van der Waals surface area contributed by atoms with E-state index >= 15 is 0 Å². The van der Waals surface area contributed by atoms with Crippen molar-refractivity contribution in [2.24, 2.45) is 5.73 Å². The zero-order valence-corrected chi connectivity index (χ0v) is 12.8. The number of hydrogen-bond donors (Lipinski definition) is 1. The topological polar surface area (TPSA) is 64.9 Å². The summed E-state index contributed by atoms with van der Waals surface area (Å²) in [5, 5.41) is 4.02. The zero-order chi connectivity index (χ0) is 14.7. The van der Waals surface area contributed by atoms with Crippen molar-refractivity contribution < 1.29 is 4.52 Å². The van der Waals surface area contributed by atoms with Gasteiger partial charge in [0.2, 0.25) is 11.7 Å². The van der Waals surface area contributed by atoms with Crippen LogP contribution < -0.4 is 5.73 Å². The first-order valence-electron chi connectivity index (χ1n) is 6.62. The summed E-state index contributed by atoms with van der Waals surface area (Å²) < 4.78 is 6.24. The standard InChI is InChI=1S/C16H14BrN3O/c17-13-9-5-4-8-12(13)16-19-15(21-20-16)10-14(18)11-6-2-1-3-7-11/h1-9,14H,10,18H2. The van der Waals surface area contributed by atoms with Crippen molar-refractivity contribution >= 4 is 15.9 Å². The fourth-order valence-corrected chi connectivity index (χ4v) is 2.56. The van der Waals surface area contributed by atoms with Gasteiger partial charge >= 0.3 is 0 Å². The van der Waals surface area contributed by atoms with Crippen LogP contribution >= 0.6 is 15.9 Å². The molecule has 0 saturated heterocycles. The van der Waals surface area contributed by atoms with E-state index in [0.29, 0.717) is 18.1 Å². The van der Waals surface area contributed by atoms with E-state index in [9.17, 15) is 0 Å². The lowest BCUT2D eigenvalue weighted by molar-refractivity contribution is 0.370. The smallest absolute Gasteiger partial charge is 0.228 e. The predicted octanol–water partition coefficient (Wildman–Crippen LogP) is 3.74. The summed E-state index contributed by atoms with van der Waals surface area (Å²) in [4.78, 5) is 4.42. The average Bonchev–Trinajstić information content (AvgIpc) is 2.97. The SMILES string of the molecule is NC(Cc1nc(-c2ccccc2Br)no1)c1ccccc1. The highest BCUT2D eigenvalue weighted by molar-refractivity contribution is 9.10. The normalized spacial score (nSPS) is 12.3. The molecular formula is C16H14BrN3O. The number of nitrogens with zero attached hydrogens (tertiary/aromatic N) is 2. The van der Waals surface area contributed by atoms with E-state index in [2.05, 4.69) is 26.1 Å². The Bertz CT molecular complexity index is 727. The average molecular weight is 344 g/mol. The maximum Gasteiger partial charge on any atom is 0.228 e. The maximum atomic E-state index is 6.17. The van der Waals surface area contributed by atoms with Crippen molar-refractivity contribution in [1.29, 1.82) is 0 Å². The molecule has 106 valence electrons. The Balaban J connectivity index is 1.78. The Morgan fingerprint density at radius 3 is 2.52 bits per heavy atom. The van der Waals surface area contributed by atoms with Gasteiger partial charge in [-0.25, -0.2) is 0 Å². The molecule has 21 heavy (non-hydrogen) atoms. The molecule has 4 nitrogen and oxygen atoms in total. The molecule has 0 aliphatic carbocycles. The van der Waals surface area contributed by atoms with Gasteiger partial charge in [0.1, 0.15) is 0 Å². The molecule has 0 spiro atoms. The molecule has 1 atom stereocenters. The molecule has 1 heterocycles. The van der Waals surface area contributed by atoms with E-state index < -0.39 is 0 Å². The Morgan fingerprint density at radius 1 is 1.05 bits per heavy atom. The van der Waals surface area contributed by atoms with Gasteiger partial charge in [-0.05, 0) is 17.7 Å². The third kappa shape index (κ3) is 3.20. The number of nitrogens with two attached hydrogens (primary N) is 1. The van der Waals surface area contributed by atoms with Crippen LogP contribution in [0, 0.1) is 0 Å². The van der Waals surface area contributed by atoms with Crippen LogP contribution in [0.25, 0.3) is 11.4 Å². The summed E-state index contributed by atoms with van der Waals surface area (Å²) in [5.74, 6) is 1.11. The van der Waals surface area contributed by atoms with E-state index in [1.807, 2.05) is 54.6 Å². The van der Waals surface area contributed by atoms with Gasteiger partial charge in [0.15, 0.2) is 0 Å². The van der Waals surface area contributed by atoms with Crippen molar-refractivity contribution in [3.8, 4) is 11.4 Å². The lowest BCUT2D eigenvalue weighted by atomic mass is 10.1. The van der Waals surface area contributed by atoms with E-state index in [0.717, 1.165) is 15.6 Å². The summed E-state index contributed by atoms with van der Waals surface area (Å²) in [6, 6.07) is 17.5.